The van der Waals surface area contributed by atoms with E-state index in [1.165, 1.54) is 0 Å². The van der Waals surface area contributed by atoms with E-state index in [1.807, 2.05) is 28.9 Å². The van der Waals surface area contributed by atoms with E-state index in [0.29, 0.717) is 13.0 Å². The third-order valence-electron chi connectivity index (χ3n) is 2.66. The van der Waals surface area contributed by atoms with Crippen molar-refractivity contribution in [3.05, 3.63) is 18.0 Å². The number of carbonyl (C=O) groups excluding carboxylic acids is 1. The number of aromatic nitrogens is 2. The SMILES string of the molecule is CCCN(CCC)C(=O)CCn1cc(C)cn1. The molecule has 0 aromatic carbocycles. The molecule has 17 heavy (non-hydrogen) atoms. The molecule has 1 aromatic heterocycles. The highest BCUT2D eigenvalue weighted by Gasteiger charge is 2.11. The summed E-state index contributed by atoms with van der Waals surface area (Å²) in [5.74, 6) is 0.238. The van der Waals surface area contributed by atoms with Crippen LogP contribution in [0.3, 0.4) is 0 Å². The minimum absolute atomic E-state index is 0.238. The van der Waals surface area contributed by atoms with Crippen molar-refractivity contribution in [1.29, 1.82) is 0 Å². The lowest BCUT2D eigenvalue weighted by atomic mass is 10.3. The molecule has 0 saturated heterocycles. The van der Waals surface area contributed by atoms with Gasteiger partial charge in [0.05, 0.1) is 6.20 Å². The highest BCUT2D eigenvalue weighted by molar-refractivity contribution is 5.76. The molecule has 0 fully saturated rings. The van der Waals surface area contributed by atoms with Gasteiger partial charge < -0.3 is 4.90 Å². The molecule has 96 valence electrons. The molecule has 4 nitrogen and oxygen atoms in total. The lowest BCUT2D eigenvalue weighted by Gasteiger charge is -2.21. The summed E-state index contributed by atoms with van der Waals surface area (Å²) in [4.78, 5) is 13.9. The van der Waals surface area contributed by atoms with Crippen molar-refractivity contribution < 1.29 is 4.79 Å². The smallest absolute Gasteiger partial charge is 0.224 e. The maximum Gasteiger partial charge on any atom is 0.224 e. The van der Waals surface area contributed by atoms with Crippen molar-refractivity contribution >= 4 is 5.91 Å². The predicted octanol–water partition coefficient (Wildman–Crippen LogP) is 2.23. The van der Waals surface area contributed by atoms with Gasteiger partial charge in [-0.1, -0.05) is 13.8 Å². The van der Waals surface area contributed by atoms with Gasteiger partial charge in [-0.05, 0) is 25.3 Å². The Morgan fingerprint density at radius 3 is 2.47 bits per heavy atom. The third-order valence-corrected chi connectivity index (χ3v) is 2.66. The normalized spacial score (nSPS) is 10.5. The maximum atomic E-state index is 12.0. The van der Waals surface area contributed by atoms with Crippen LogP contribution in [0.1, 0.15) is 38.7 Å². The summed E-state index contributed by atoms with van der Waals surface area (Å²) < 4.78 is 1.84. The van der Waals surface area contributed by atoms with E-state index in [4.69, 9.17) is 0 Å². The van der Waals surface area contributed by atoms with Crippen molar-refractivity contribution in [3.63, 3.8) is 0 Å². The maximum absolute atomic E-state index is 12.0. The van der Waals surface area contributed by atoms with Crippen LogP contribution in [0.4, 0.5) is 0 Å². The van der Waals surface area contributed by atoms with Gasteiger partial charge in [0.1, 0.15) is 0 Å². The fourth-order valence-corrected chi connectivity index (χ4v) is 1.86. The van der Waals surface area contributed by atoms with Crippen LogP contribution in [0.2, 0.25) is 0 Å². The van der Waals surface area contributed by atoms with Crippen LogP contribution < -0.4 is 0 Å². The second kappa shape index (κ2) is 7.09. The van der Waals surface area contributed by atoms with Gasteiger partial charge in [-0.3, -0.25) is 9.48 Å². The monoisotopic (exact) mass is 237 g/mol. The molecule has 0 bridgehead atoms. The summed E-state index contributed by atoms with van der Waals surface area (Å²) in [6.45, 7) is 8.62. The number of hydrogen-bond acceptors (Lipinski definition) is 2. The average Bonchev–Trinajstić information content (AvgIpc) is 2.72. The molecule has 1 amide bonds. The molecular formula is C13H23N3O. The highest BCUT2D eigenvalue weighted by Crippen LogP contribution is 2.01. The van der Waals surface area contributed by atoms with E-state index in [0.717, 1.165) is 31.5 Å². The van der Waals surface area contributed by atoms with Crippen LogP contribution in [0.25, 0.3) is 0 Å². The van der Waals surface area contributed by atoms with Crippen LogP contribution >= 0.6 is 0 Å². The van der Waals surface area contributed by atoms with E-state index >= 15 is 0 Å². The van der Waals surface area contributed by atoms with Gasteiger partial charge in [0.2, 0.25) is 5.91 Å². The molecule has 0 spiro atoms. The molecule has 4 heteroatoms. The number of hydrogen-bond donors (Lipinski definition) is 0. The van der Waals surface area contributed by atoms with Gasteiger partial charge >= 0.3 is 0 Å². The van der Waals surface area contributed by atoms with Crippen molar-refractivity contribution in [2.45, 2.75) is 46.6 Å². The standard InChI is InChI=1S/C13H23N3O/c1-4-7-15(8-5-2)13(17)6-9-16-11-12(3)10-14-16/h10-11H,4-9H2,1-3H3. The molecule has 0 radical (unpaired) electrons. The van der Waals surface area contributed by atoms with Crippen LogP contribution in [-0.2, 0) is 11.3 Å². The van der Waals surface area contributed by atoms with Crippen molar-refractivity contribution in [2.75, 3.05) is 13.1 Å². The summed E-state index contributed by atoms with van der Waals surface area (Å²) in [6, 6.07) is 0. The number of carbonyl (C=O) groups is 1. The molecule has 0 aliphatic heterocycles. The van der Waals surface area contributed by atoms with Gasteiger partial charge in [0, 0.05) is 32.3 Å². The van der Waals surface area contributed by atoms with Gasteiger partial charge in [-0.2, -0.15) is 5.10 Å². The Kier molecular flexibility index (Phi) is 5.73. The zero-order valence-electron chi connectivity index (χ0n) is 11.1. The van der Waals surface area contributed by atoms with Crippen LogP contribution in [-0.4, -0.2) is 33.7 Å². The molecule has 1 heterocycles. The lowest BCUT2D eigenvalue weighted by molar-refractivity contribution is -0.131. The summed E-state index contributed by atoms with van der Waals surface area (Å²) in [6.07, 6.45) is 6.37. The molecular weight excluding hydrogens is 214 g/mol. The molecule has 0 N–H and O–H groups in total. The first-order valence-corrected chi connectivity index (χ1v) is 6.44. The van der Waals surface area contributed by atoms with E-state index in [1.54, 1.807) is 0 Å². The Labute approximate surface area is 104 Å². The molecule has 0 saturated carbocycles. The average molecular weight is 237 g/mol. The second-order valence-electron chi connectivity index (χ2n) is 4.41. The second-order valence-corrected chi connectivity index (χ2v) is 4.41. The Morgan fingerprint density at radius 1 is 1.35 bits per heavy atom. The van der Waals surface area contributed by atoms with Gasteiger partial charge in [-0.25, -0.2) is 0 Å². The van der Waals surface area contributed by atoms with Crippen molar-refractivity contribution in [1.82, 2.24) is 14.7 Å². The minimum Gasteiger partial charge on any atom is -0.343 e. The largest absolute Gasteiger partial charge is 0.343 e. The van der Waals surface area contributed by atoms with Crippen LogP contribution in [0, 0.1) is 6.92 Å². The van der Waals surface area contributed by atoms with Crippen LogP contribution in [0.15, 0.2) is 12.4 Å². The number of amides is 1. The first kappa shape index (κ1) is 13.7. The van der Waals surface area contributed by atoms with Crippen molar-refractivity contribution in [3.8, 4) is 0 Å². The summed E-state index contributed by atoms with van der Waals surface area (Å²) >= 11 is 0. The van der Waals surface area contributed by atoms with E-state index in [-0.39, 0.29) is 5.91 Å². The van der Waals surface area contributed by atoms with Crippen molar-refractivity contribution in [2.24, 2.45) is 0 Å². The molecule has 0 unspecified atom stereocenters. The van der Waals surface area contributed by atoms with Gasteiger partial charge in [0.15, 0.2) is 0 Å². The quantitative estimate of drug-likeness (QED) is 0.729. The van der Waals surface area contributed by atoms with Gasteiger partial charge in [-0.15, -0.1) is 0 Å². The fourth-order valence-electron chi connectivity index (χ4n) is 1.86. The van der Waals surface area contributed by atoms with Gasteiger partial charge in [0.25, 0.3) is 0 Å². The molecule has 0 aliphatic rings. The molecule has 1 aromatic rings. The summed E-state index contributed by atoms with van der Waals surface area (Å²) in [5, 5.41) is 4.18. The Morgan fingerprint density at radius 2 is 2.00 bits per heavy atom. The number of aryl methyl sites for hydroxylation is 2. The number of nitrogens with zero attached hydrogens (tertiary/aromatic N) is 3. The van der Waals surface area contributed by atoms with Crippen LogP contribution in [0.5, 0.6) is 0 Å². The Balaban J connectivity index is 2.41. The third kappa shape index (κ3) is 4.59. The Bertz CT molecular complexity index is 340. The minimum atomic E-state index is 0.238. The summed E-state index contributed by atoms with van der Waals surface area (Å²) in [5.41, 5.74) is 1.14. The first-order valence-electron chi connectivity index (χ1n) is 6.44. The van der Waals surface area contributed by atoms with E-state index in [2.05, 4.69) is 18.9 Å². The highest BCUT2D eigenvalue weighted by atomic mass is 16.2. The molecule has 0 atom stereocenters. The summed E-state index contributed by atoms with van der Waals surface area (Å²) in [7, 11) is 0. The zero-order valence-corrected chi connectivity index (χ0v) is 11.1. The predicted molar refractivity (Wildman–Crippen MR) is 68.7 cm³/mol. The topological polar surface area (TPSA) is 38.1 Å². The first-order chi connectivity index (χ1) is 8.17. The lowest BCUT2D eigenvalue weighted by Crippen LogP contribution is -2.33. The number of rotatable bonds is 7. The zero-order chi connectivity index (χ0) is 12.7. The van der Waals surface area contributed by atoms with E-state index < -0.39 is 0 Å². The Hall–Kier alpha value is -1.32. The molecule has 1 rings (SSSR count). The molecule has 0 aliphatic carbocycles. The van der Waals surface area contributed by atoms with E-state index in [9.17, 15) is 4.79 Å². The fraction of sp³-hybridized carbons (Fsp3) is 0.692.